The van der Waals surface area contributed by atoms with Crippen LogP contribution in [0.5, 0.6) is 0 Å². The molecule has 31 heavy (non-hydrogen) atoms. The predicted octanol–water partition coefficient (Wildman–Crippen LogP) is 4.75. The predicted molar refractivity (Wildman–Crippen MR) is 126 cm³/mol. The Morgan fingerprint density at radius 1 is 0.935 bits per heavy atom. The monoisotopic (exact) mass is 425 g/mol. The fourth-order valence-electron chi connectivity index (χ4n) is 4.16. The molecule has 6 heteroatoms. The van der Waals surface area contributed by atoms with Crippen molar-refractivity contribution >= 4 is 17.3 Å². The van der Waals surface area contributed by atoms with E-state index in [1.54, 1.807) is 0 Å². The van der Waals surface area contributed by atoms with Crippen LogP contribution in [0.2, 0.25) is 0 Å². The Bertz CT molecular complexity index is 1170. The SMILES string of the molecule is Cc1ccc(-n2cccc2[C@H]2[C@@H](c3ccccn3)NC(=S)N2Cc2ccncc2)cc1. The maximum atomic E-state index is 5.81. The summed E-state index contributed by atoms with van der Waals surface area (Å²) in [6, 6.07) is 22.9. The van der Waals surface area contributed by atoms with Crippen molar-refractivity contribution in [2.45, 2.75) is 25.6 Å². The number of rotatable bonds is 5. The Kier molecular flexibility index (Phi) is 5.22. The van der Waals surface area contributed by atoms with Gasteiger partial charge in [0.15, 0.2) is 5.11 Å². The van der Waals surface area contributed by atoms with Crippen molar-refractivity contribution in [3.8, 4) is 5.69 Å². The third-order valence-electron chi connectivity index (χ3n) is 5.70. The van der Waals surface area contributed by atoms with Gasteiger partial charge < -0.3 is 14.8 Å². The van der Waals surface area contributed by atoms with Gasteiger partial charge in [-0.3, -0.25) is 9.97 Å². The Morgan fingerprint density at radius 2 is 1.74 bits per heavy atom. The van der Waals surface area contributed by atoms with Crippen LogP contribution < -0.4 is 5.32 Å². The van der Waals surface area contributed by atoms with E-state index in [4.69, 9.17) is 12.2 Å². The number of benzene rings is 1. The molecule has 0 amide bonds. The van der Waals surface area contributed by atoms with Crippen molar-refractivity contribution in [2.24, 2.45) is 0 Å². The standard InChI is InChI=1S/C25H23N5S/c1-18-7-9-20(10-8-18)29-16-4-6-22(29)24-23(21-5-2-3-13-27-21)28-25(31)30(24)17-19-11-14-26-15-12-19/h2-16,23-24H,17H2,1H3,(H,28,31)/t23-,24+/m1/s1. The molecule has 1 aromatic carbocycles. The summed E-state index contributed by atoms with van der Waals surface area (Å²) >= 11 is 5.81. The lowest BCUT2D eigenvalue weighted by molar-refractivity contribution is 0.302. The third kappa shape index (κ3) is 3.82. The summed E-state index contributed by atoms with van der Waals surface area (Å²) in [5.74, 6) is 0. The molecular weight excluding hydrogens is 402 g/mol. The van der Waals surface area contributed by atoms with Gasteiger partial charge in [0.1, 0.15) is 0 Å². The molecule has 0 aliphatic carbocycles. The van der Waals surface area contributed by atoms with Crippen LogP contribution in [0.15, 0.2) is 91.5 Å². The van der Waals surface area contributed by atoms with E-state index in [1.165, 1.54) is 16.8 Å². The molecule has 1 fully saturated rings. The Hall–Kier alpha value is -3.51. The second-order valence-electron chi connectivity index (χ2n) is 7.75. The molecule has 1 N–H and O–H groups in total. The van der Waals surface area contributed by atoms with Gasteiger partial charge >= 0.3 is 0 Å². The van der Waals surface area contributed by atoms with Gasteiger partial charge in [0, 0.05) is 42.7 Å². The van der Waals surface area contributed by atoms with E-state index in [2.05, 4.69) is 80.3 Å². The van der Waals surface area contributed by atoms with Gasteiger partial charge in [-0.1, -0.05) is 23.8 Å². The molecule has 1 aliphatic heterocycles. The van der Waals surface area contributed by atoms with Crippen molar-refractivity contribution in [3.05, 3.63) is 114 Å². The van der Waals surface area contributed by atoms with Crippen molar-refractivity contribution in [2.75, 3.05) is 0 Å². The van der Waals surface area contributed by atoms with E-state index in [0.29, 0.717) is 6.54 Å². The molecule has 0 bridgehead atoms. The zero-order chi connectivity index (χ0) is 21.2. The highest BCUT2D eigenvalue weighted by molar-refractivity contribution is 7.80. The maximum absolute atomic E-state index is 5.81. The molecule has 3 aromatic heterocycles. The molecule has 0 radical (unpaired) electrons. The molecule has 0 saturated carbocycles. The minimum absolute atomic E-state index is 0.00753. The molecule has 0 unspecified atom stereocenters. The lowest BCUT2D eigenvalue weighted by Crippen LogP contribution is -2.30. The zero-order valence-electron chi connectivity index (χ0n) is 17.2. The van der Waals surface area contributed by atoms with Gasteiger partial charge in [-0.15, -0.1) is 0 Å². The average molecular weight is 426 g/mol. The molecule has 4 heterocycles. The minimum Gasteiger partial charge on any atom is -0.352 e. The molecule has 0 spiro atoms. The van der Waals surface area contributed by atoms with E-state index < -0.39 is 0 Å². The summed E-state index contributed by atoms with van der Waals surface area (Å²) in [5, 5.41) is 4.26. The highest BCUT2D eigenvalue weighted by Gasteiger charge is 2.41. The summed E-state index contributed by atoms with van der Waals surface area (Å²) in [4.78, 5) is 11.0. The maximum Gasteiger partial charge on any atom is 0.170 e. The van der Waals surface area contributed by atoms with E-state index in [1.807, 2.05) is 42.9 Å². The van der Waals surface area contributed by atoms with Crippen molar-refractivity contribution in [1.29, 1.82) is 0 Å². The van der Waals surface area contributed by atoms with Crippen molar-refractivity contribution in [1.82, 2.24) is 24.8 Å². The number of pyridine rings is 2. The number of nitrogens with zero attached hydrogens (tertiary/aromatic N) is 4. The number of nitrogens with one attached hydrogen (secondary N) is 1. The van der Waals surface area contributed by atoms with E-state index in [-0.39, 0.29) is 12.1 Å². The van der Waals surface area contributed by atoms with Crippen LogP contribution in [-0.2, 0) is 6.54 Å². The van der Waals surface area contributed by atoms with Gasteiger partial charge in [0.25, 0.3) is 0 Å². The first-order valence-electron chi connectivity index (χ1n) is 10.3. The van der Waals surface area contributed by atoms with Gasteiger partial charge in [0.2, 0.25) is 0 Å². The van der Waals surface area contributed by atoms with Gasteiger partial charge in [-0.25, -0.2) is 0 Å². The quantitative estimate of drug-likeness (QED) is 0.468. The Morgan fingerprint density at radius 3 is 2.48 bits per heavy atom. The Labute approximate surface area is 187 Å². The van der Waals surface area contributed by atoms with Crippen molar-refractivity contribution in [3.63, 3.8) is 0 Å². The summed E-state index contributed by atoms with van der Waals surface area (Å²) < 4.78 is 2.25. The first kappa shape index (κ1) is 19.5. The second kappa shape index (κ2) is 8.32. The summed E-state index contributed by atoms with van der Waals surface area (Å²) in [7, 11) is 0. The van der Waals surface area contributed by atoms with Crippen LogP contribution in [0.1, 0.15) is 34.6 Å². The number of aryl methyl sites for hydroxylation is 1. The molecule has 1 saturated heterocycles. The largest absolute Gasteiger partial charge is 0.352 e. The average Bonchev–Trinajstić information content (AvgIpc) is 3.40. The van der Waals surface area contributed by atoms with Gasteiger partial charge in [0.05, 0.1) is 17.8 Å². The van der Waals surface area contributed by atoms with Crippen LogP contribution in [0.25, 0.3) is 5.69 Å². The molecule has 5 nitrogen and oxygen atoms in total. The van der Waals surface area contributed by atoms with Crippen LogP contribution in [0.3, 0.4) is 0 Å². The highest BCUT2D eigenvalue weighted by atomic mass is 32.1. The lowest BCUT2D eigenvalue weighted by Gasteiger charge is -2.29. The molecule has 4 aromatic rings. The van der Waals surface area contributed by atoms with Crippen LogP contribution in [0.4, 0.5) is 0 Å². The molecule has 2 atom stereocenters. The zero-order valence-corrected chi connectivity index (χ0v) is 18.0. The van der Waals surface area contributed by atoms with Crippen LogP contribution in [-0.4, -0.2) is 24.5 Å². The Balaban J connectivity index is 1.60. The van der Waals surface area contributed by atoms with E-state index in [0.717, 1.165) is 16.5 Å². The van der Waals surface area contributed by atoms with E-state index >= 15 is 0 Å². The third-order valence-corrected chi connectivity index (χ3v) is 6.05. The number of hydrogen-bond acceptors (Lipinski definition) is 3. The first-order valence-corrected chi connectivity index (χ1v) is 10.7. The van der Waals surface area contributed by atoms with Crippen LogP contribution >= 0.6 is 12.2 Å². The molecule has 5 rings (SSSR count). The van der Waals surface area contributed by atoms with Gasteiger partial charge in [-0.05, 0) is 73.2 Å². The fraction of sp³-hybridized carbons (Fsp3) is 0.160. The smallest absolute Gasteiger partial charge is 0.170 e. The summed E-state index contributed by atoms with van der Waals surface area (Å²) in [6.45, 7) is 2.80. The molecule has 154 valence electrons. The van der Waals surface area contributed by atoms with E-state index in [9.17, 15) is 0 Å². The minimum atomic E-state index is -0.0466. The number of thiocarbonyl (C=S) groups is 1. The summed E-state index contributed by atoms with van der Waals surface area (Å²) in [6.07, 6.45) is 7.59. The number of hydrogen-bond donors (Lipinski definition) is 1. The summed E-state index contributed by atoms with van der Waals surface area (Å²) in [5.41, 5.74) is 5.68. The van der Waals surface area contributed by atoms with Crippen LogP contribution in [0, 0.1) is 6.92 Å². The second-order valence-corrected chi connectivity index (χ2v) is 8.14. The lowest BCUT2D eigenvalue weighted by atomic mass is 10.0. The topological polar surface area (TPSA) is 46.0 Å². The number of aromatic nitrogens is 3. The normalized spacial score (nSPS) is 18.2. The van der Waals surface area contributed by atoms with Crippen molar-refractivity contribution < 1.29 is 0 Å². The highest BCUT2D eigenvalue weighted by Crippen LogP contribution is 2.40. The first-order chi connectivity index (χ1) is 15.2. The molecular formula is C25H23N5S. The fourth-order valence-corrected chi connectivity index (χ4v) is 4.46. The molecule has 1 aliphatic rings. The van der Waals surface area contributed by atoms with Gasteiger partial charge in [-0.2, -0.15) is 0 Å².